The Bertz CT molecular complexity index is 749. The first-order valence-electron chi connectivity index (χ1n) is 15.7. The molecule has 0 bridgehead atoms. The van der Waals surface area contributed by atoms with Crippen molar-refractivity contribution in [1.29, 1.82) is 0 Å². The van der Waals surface area contributed by atoms with Crippen LogP contribution in [0.1, 0.15) is 104 Å². The van der Waals surface area contributed by atoms with Gasteiger partial charge in [-0.1, -0.05) is 20.8 Å². The van der Waals surface area contributed by atoms with Gasteiger partial charge in [0, 0.05) is 12.5 Å². The Labute approximate surface area is 226 Å². The van der Waals surface area contributed by atoms with Gasteiger partial charge < -0.3 is 26.6 Å². The van der Waals surface area contributed by atoms with Gasteiger partial charge >= 0.3 is 5.97 Å². The van der Waals surface area contributed by atoms with Crippen molar-refractivity contribution in [3.63, 3.8) is 0 Å². The molecule has 4 fully saturated rings. The molecule has 0 saturated heterocycles. The van der Waals surface area contributed by atoms with Crippen LogP contribution in [-0.4, -0.2) is 54.5 Å². The molecule has 6 nitrogen and oxygen atoms in total. The third-order valence-electron chi connectivity index (χ3n) is 12.0. The van der Waals surface area contributed by atoms with E-state index in [0.717, 1.165) is 45.4 Å². The first-order valence-corrected chi connectivity index (χ1v) is 15.7. The average Bonchev–Trinajstić information content (AvgIpc) is 3.22. The number of nitrogens with two attached hydrogens (primary N) is 1. The van der Waals surface area contributed by atoms with Crippen LogP contribution in [0.15, 0.2) is 0 Å². The molecule has 4 rings (SSSR count). The van der Waals surface area contributed by atoms with Crippen molar-refractivity contribution in [2.24, 2.45) is 52.1 Å². The van der Waals surface area contributed by atoms with E-state index in [2.05, 4.69) is 31.4 Å². The van der Waals surface area contributed by atoms with Crippen LogP contribution >= 0.6 is 0 Å². The summed E-state index contributed by atoms with van der Waals surface area (Å²) in [6.07, 6.45) is 14.1. The van der Waals surface area contributed by atoms with Crippen LogP contribution in [0.5, 0.6) is 0 Å². The second-order valence-electron chi connectivity index (χ2n) is 14.0. The quantitative estimate of drug-likeness (QED) is 0.224. The highest BCUT2D eigenvalue weighted by atomic mass is 16.4. The minimum absolute atomic E-state index is 0.169. The molecule has 0 amide bonds. The smallest absolute Gasteiger partial charge is 0.303 e. The van der Waals surface area contributed by atoms with Gasteiger partial charge in [-0.15, -0.1) is 0 Å². The van der Waals surface area contributed by atoms with E-state index >= 15 is 0 Å². The maximum atomic E-state index is 11.6. The Balaban J connectivity index is 1.31. The van der Waals surface area contributed by atoms with Crippen molar-refractivity contribution < 1.29 is 15.0 Å². The molecule has 214 valence electrons. The second-order valence-corrected chi connectivity index (χ2v) is 14.0. The second kappa shape index (κ2) is 12.7. The van der Waals surface area contributed by atoms with Gasteiger partial charge in [0.05, 0.1) is 6.10 Å². The zero-order chi connectivity index (χ0) is 26.6. The molecule has 0 aromatic carbocycles. The third-order valence-corrected chi connectivity index (χ3v) is 12.0. The summed E-state index contributed by atoms with van der Waals surface area (Å²) in [7, 11) is 0. The van der Waals surface area contributed by atoms with E-state index in [1.807, 2.05) is 0 Å². The number of aliphatic hydroxyl groups is 1. The lowest BCUT2D eigenvalue weighted by Crippen LogP contribution is -2.59. The number of rotatable bonds is 13. The van der Waals surface area contributed by atoms with E-state index in [0.29, 0.717) is 47.0 Å². The standard InChI is InChI=1S/C31H57N3O3/c1-21(7-10-28(36)37)24-8-9-25-29-26(12-14-31(24,25)3)30(2)13-11-23(19-22(30)20-27(29)35)34-18-6-17-33-16-5-4-15-32/h21-27,29,33-35H,4-20,32H2,1-3H3,(H,36,37)/t21?,22-,23+,24-,25?,26?,27-,29?,30+,31-/m1/s1. The first kappa shape index (κ1) is 29.3. The molecular weight excluding hydrogens is 462 g/mol. The van der Waals surface area contributed by atoms with Crippen LogP contribution in [0.4, 0.5) is 0 Å². The van der Waals surface area contributed by atoms with Crippen LogP contribution < -0.4 is 16.4 Å². The first-order chi connectivity index (χ1) is 17.7. The number of fused-ring (bicyclic) bond motifs is 5. The Kier molecular flexibility index (Phi) is 10.0. The fraction of sp³-hybridized carbons (Fsp3) is 0.968. The number of carboxylic acid groups (broad SMARTS) is 1. The topological polar surface area (TPSA) is 108 Å². The van der Waals surface area contributed by atoms with Gasteiger partial charge in [-0.05, 0) is 150 Å². The van der Waals surface area contributed by atoms with E-state index in [1.165, 1.54) is 57.8 Å². The van der Waals surface area contributed by atoms with E-state index in [-0.39, 0.29) is 17.9 Å². The number of unbranched alkanes of at least 4 members (excludes halogenated alkanes) is 1. The summed E-state index contributed by atoms with van der Waals surface area (Å²) in [6, 6.07) is 0.596. The number of carbonyl (C=O) groups is 1. The highest BCUT2D eigenvalue weighted by Gasteiger charge is 2.62. The number of nitrogens with one attached hydrogen (secondary N) is 2. The lowest BCUT2D eigenvalue weighted by atomic mass is 9.43. The Hall–Kier alpha value is -0.690. The number of hydrogen-bond acceptors (Lipinski definition) is 5. The summed E-state index contributed by atoms with van der Waals surface area (Å²) in [5.74, 6) is 2.69. The Morgan fingerprint density at radius 2 is 1.70 bits per heavy atom. The maximum absolute atomic E-state index is 11.6. The minimum Gasteiger partial charge on any atom is -0.481 e. The minimum atomic E-state index is -0.669. The lowest BCUT2D eigenvalue weighted by Gasteiger charge is -2.62. The van der Waals surface area contributed by atoms with Crippen LogP contribution in [0.3, 0.4) is 0 Å². The SMILES string of the molecule is CC(CCC(=O)O)[C@H]1CCC2C3C(CC[C@@]21C)[C@@]1(C)CC[C@H](NCCCNCCCCN)C[C@@H]1C[C@H]3O. The molecule has 4 aliphatic rings. The molecule has 6 heteroatoms. The predicted octanol–water partition coefficient (Wildman–Crippen LogP) is 4.79. The molecule has 0 aromatic rings. The van der Waals surface area contributed by atoms with Crippen molar-refractivity contribution in [2.75, 3.05) is 26.2 Å². The summed E-state index contributed by atoms with van der Waals surface area (Å²) in [6.45, 7) is 11.4. The Morgan fingerprint density at radius 1 is 0.973 bits per heavy atom. The van der Waals surface area contributed by atoms with Crippen molar-refractivity contribution in [1.82, 2.24) is 10.6 Å². The third kappa shape index (κ3) is 6.23. The average molecular weight is 520 g/mol. The number of hydrogen-bond donors (Lipinski definition) is 5. The van der Waals surface area contributed by atoms with E-state index < -0.39 is 5.97 Å². The van der Waals surface area contributed by atoms with Gasteiger partial charge in [-0.3, -0.25) is 4.79 Å². The molecule has 6 N–H and O–H groups in total. The van der Waals surface area contributed by atoms with Gasteiger partial charge in [-0.25, -0.2) is 0 Å². The summed E-state index contributed by atoms with van der Waals surface area (Å²) in [5.41, 5.74) is 6.19. The van der Waals surface area contributed by atoms with Crippen molar-refractivity contribution in [3.8, 4) is 0 Å². The summed E-state index contributed by atoms with van der Waals surface area (Å²) in [5, 5.41) is 28.2. The number of carboxylic acids is 1. The van der Waals surface area contributed by atoms with Crippen LogP contribution in [0.2, 0.25) is 0 Å². The summed E-state index contributed by atoms with van der Waals surface area (Å²) >= 11 is 0. The monoisotopic (exact) mass is 519 g/mol. The molecular formula is C31H57N3O3. The number of aliphatic hydroxyl groups excluding tert-OH is 1. The molecule has 0 spiro atoms. The fourth-order valence-electron chi connectivity index (χ4n) is 9.97. The predicted molar refractivity (Wildman–Crippen MR) is 150 cm³/mol. The molecule has 4 aliphatic carbocycles. The van der Waals surface area contributed by atoms with E-state index in [1.54, 1.807) is 0 Å². The summed E-state index contributed by atoms with van der Waals surface area (Å²) < 4.78 is 0. The highest BCUT2D eigenvalue weighted by Crippen LogP contribution is 2.68. The Morgan fingerprint density at radius 3 is 2.46 bits per heavy atom. The molecule has 4 unspecified atom stereocenters. The van der Waals surface area contributed by atoms with E-state index in [4.69, 9.17) is 5.73 Å². The van der Waals surface area contributed by atoms with Crippen LogP contribution in [0.25, 0.3) is 0 Å². The molecule has 0 radical (unpaired) electrons. The molecule has 0 heterocycles. The molecule has 10 atom stereocenters. The zero-order valence-electron chi connectivity index (χ0n) is 24.0. The van der Waals surface area contributed by atoms with Gasteiger partial charge in [-0.2, -0.15) is 0 Å². The molecule has 0 aromatic heterocycles. The normalized spacial score (nSPS) is 42.0. The van der Waals surface area contributed by atoms with Crippen LogP contribution in [-0.2, 0) is 4.79 Å². The van der Waals surface area contributed by atoms with Crippen molar-refractivity contribution in [2.45, 2.75) is 116 Å². The van der Waals surface area contributed by atoms with Gasteiger partial charge in [0.25, 0.3) is 0 Å². The van der Waals surface area contributed by atoms with Gasteiger partial charge in [0.15, 0.2) is 0 Å². The van der Waals surface area contributed by atoms with Crippen molar-refractivity contribution in [3.05, 3.63) is 0 Å². The van der Waals surface area contributed by atoms with Crippen molar-refractivity contribution >= 4 is 5.97 Å². The van der Waals surface area contributed by atoms with Gasteiger partial charge in [0.2, 0.25) is 0 Å². The van der Waals surface area contributed by atoms with Gasteiger partial charge in [0.1, 0.15) is 0 Å². The largest absolute Gasteiger partial charge is 0.481 e. The number of aliphatic carboxylic acids is 1. The fourth-order valence-corrected chi connectivity index (χ4v) is 9.97. The summed E-state index contributed by atoms with van der Waals surface area (Å²) in [4.78, 5) is 11.2. The highest BCUT2D eigenvalue weighted by molar-refractivity contribution is 5.66. The molecule has 0 aliphatic heterocycles. The maximum Gasteiger partial charge on any atom is 0.303 e. The lowest BCUT2D eigenvalue weighted by molar-refractivity contribution is -0.167. The zero-order valence-corrected chi connectivity index (χ0v) is 24.0. The van der Waals surface area contributed by atoms with E-state index in [9.17, 15) is 15.0 Å². The molecule has 37 heavy (non-hydrogen) atoms. The van der Waals surface area contributed by atoms with Crippen LogP contribution in [0, 0.1) is 46.3 Å². The molecule has 4 saturated carbocycles.